The molecule has 3 aliphatic rings. The van der Waals surface area contributed by atoms with Crippen molar-refractivity contribution in [2.24, 2.45) is 5.73 Å². The van der Waals surface area contributed by atoms with E-state index in [0.29, 0.717) is 52.1 Å². The molecule has 51 heavy (non-hydrogen) atoms. The molecule has 0 radical (unpaired) electrons. The van der Waals surface area contributed by atoms with E-state index in [4.69, 9.17) is 19.9 Å². The van der Waals surface area contributed by atoms with E-state index in [1.807, 2.05) is 4.90 Å². The number of pyridine rings is 1. The van der Waals surface area contributed by atoms with Gasteiger partial charge in [0, 0.05) is 58.7 Å². The Balaban J connectivity index is 1.30. The van der Waals surface area contributed by atoms with Gasteiger partial charge in [-0.25, -0.2) is 4.98 Å². The van der Waals surface area contributed by atoms with E-state index in [2.05, 4.69) is 26.5 Å². The van der Waals surface area contributed by atoms with Gasteiger partial charge in [-0.15, -0.1) is 0 Å². The number of nitrogens with zero attached hydrogens (tertiary/aromatic N) is 5. The fourth-order valence-corrected chi connectivity index (χ4v) is 5.59. The molecular formula is C29H45BN10O11. The number of fused-ring (bicyclic) bond motifs is 4. The average molecular weight is 721 g/mol. The zero-order valence-electron chi connectivity index (χ0n) is 28.3. The standard InChI is InChI=1S/C29H45BN10O11/c1-19(28(46)40-7-2-3-21(40)30(47)48)34-27(45)20-4-5-22(33-13-20)35-36-23(41)15-37-8-6-32-14-24(42)49-29-50-25(43)16-38(10-9-37)11-12-39(18-31)17-26(44)51-29/h4-5,13,19,21,29,32,47-48H,2-3,6-12,14-18,31H2,1H3,(H,33,35)(H,34,45)(H,36,41)/t19-,21+,29?/m1/s1. The third-order valence-corrected chi connectivity index (χ3v) is 8.35. The van der Waals surface area contributed by atoms with E-state index < -0.39 is 61.2 Å². The van der Waals surface area contributed by atoms with Gasteiger partial charge in [0.25, 0.3) is 11.8 Å². The molecule has 21 nitrogen and oxygen atoms in total. The summed E-state index contributed by atoms with van der Waals surface area (Å²) in [5.41, 5.74) is 11.2. The zero-order chi connectivity index (χ0) is 36.9. The van der Waals surface area contributed by atoms with Crippen molar-refractivity contribution in [1.29, 1.82) is 0 Å². The molecule has 0 aliphatic carbocycles. The molecule has 2 unspecified atom stereocenters. The fraction of sp³-hybridized carbons (Fsp3) is 0.621. The van der Waals surface area contributed by atoms with Gasteiger partial charge in [0.15, 0.2) is 0 Å². The number of carbonyl (C=O) groups excluding carboxylic acids is 6. The highest BCUT2D eigenvalue weighted by Crippen LogP contribution is 2.19. The predicted molar refractivity (Wildman–Crippen MR) is 176 cm³/mol. The number of hydrogen-bond donors (Lipinski definition) is 7. The van der Waals surface area contributed by atoms with E-state index in [-0.39, 0.29) is 50.8 Å². The Bertz CT molecular complexity index is 1390. The van der Waals surface area contributed by atoms with Gasteiger partial charge >= 0.3 is 31.5 Å². The van der Waals surface area contributed by atoms with Crippen LogP contribution >= 0.6 is 0 Å². The second kappa shape index (κ2) is 19.2. The van der Waals surface area contributed by atoms with Crippen LogP contribution in [0.2, 0.25) is 0 Å². The van der Waals surface area contributed by atoms with Crippen molar-refractivity contribution in [3.8, 4) is 0 Å². The van der Waals surface area contributed by atoms with Gasteiger partial charge in [-0.2, -0.15) is 0 Å². The van der Waals surface area contributed by atoms with Crippen LogP contribution in [-0.2, 0) is 38.2 Å². The Morgan fingerprint density at radius 2 is 1.71 bits per heavy atom. The molecule has 3 fully saturated rings. The predicted octanol–water partition coefficient (Wildman–Crippen LogP) is -5.00. The van der Waals surface area contributed by atoms with Crippen LogP contribution in [0.5, 0.6) is 0 Å². The molecule has 4 heterocycles. The van der Waals surface area contributed by atoms with Crippen LogP contribution in [0.4, 0.5) is 5.82 Å². The highest BCUT2D eigenvalue weighted by Gasteiger charge is 2.38. The largest absolute Gasteiger partial charge is 0.475 e. The first-order valence-electron chi connectivity index (χ1n) is 16.6. The maximum atomic E-state index is 12.9. The number of nitrogens with two attached hydrogens (primary N) is 1. The second-order valence-corrected chi connectivity index (χ2v) is 12.2. The lowest BCUT2D eigenvalue weighted by atomic mass is 9.78. The summed E-state index contributed by atoms with van der Waals surface area (Å²) in [5.74, 6) is -4.29. The molecule has 3 aliphatic heterocycles. The van der Waals surface area contributed by atoms with Crippen molar-refractivity contribution in [2.75, 3.05) is 84.1 Å². The molecule has 4 rings (SSSR count). The van der Waals surface area contributed by atoms with Gasteiger partial charge in [0.2, 0.25) is 5.91 Å². The van der Waals surface area contributed by atoms with Crippen LogP contribution in [0.15, 0.2) is 18.3 Å². The fourth-order valence-electron chi connectivity index (χ4n) is 5.59. The molecule has 4 atom stereocenters. The Kier molecular flexibility index (Phi) is 14.8. The lowest BCUT2D eigenvalue weighted by molar-refractivity contribution is -0.257. The number of aromatic nitrogens is 1. The molecule has 8 N–H and O–H groups in total. The Morgan fingerprint density at radius 1 is 1.00 bits per heavy atom. The third kappa shape index (κ3) is 12.4. The first kappa shape index (κ1) is 39.3. The van der Waals surface area contributed by atoms with Gasteiger partial charge in [0.05, 0.1) is 37.7 Å². The molecule has 0 aromatic carbocycles. The number of carbonyl (C=O) groups is 6. The second-order valence-electron chi connectivity index (χ2n) is 12.2. The maximum absolute atomic E-state index is 12.9. The Labute approximate surface area is 294 Å². The number of hydrogen-bond acceptors (Lipinski definition) is 18. The monoisotopic (exact) mass is 720 g/mol. The number of esters is 3. The van der Waals surface area contributed by atoms with Crippen LogP contribution in [0.1, 0.15) is 30.1 Å². The minimum absolute atomic E-state index is 0.0359. The summed E-state index contributed by atoms with van der Waals surface area (Å²) in [7, 11) is -1.66. The molecule has 22 heteroatoms. The number of amides is 3. The highest BCUT2D eigenvalue weighted by molar-refractivity contribution is 6.43. The first-order chi connectivity index (χ1) is 24.4. The quantitative estimate of drug-likeness (QED) is 0.0715. The number of anilines is 1. The van der Waals surface area contributed by atoms with Gasteiger partial charge in [0.1, 0.15) is 11.9 Å². The van der Waals surface area contributed by atoms with Gasteiger partial charge in [-0.05, 0) is 31.9 Å². The maximum Gasteiger partial charge on any atom is 0.475 e. The molecule has 1 aromatic heterocycles. The number of ether oxygens (including phenoxy) is 3. The normalized spacial score (nSPS) is 23.6. The van der Waals surface area contributed by atoms with Crippen molar-refractivity contribution in [3.05, 3.63) is 23.9 Å². The van der Waals surface area contributed by atoms with E-state index in [9.17, 15) is 38.8 Å². The van der Waals surface area contributed by atoms with Gasteiger partial charge in [-0.1, -0.05) is 0 Å². The summed E-state index contributed by atoms with van der Waals surface area (Å²) in [4.78, 5) is 86.5. The summed E-state index contributed by atoms with van der Waals surface area (Å²) in [5, 5.41) is 24.6. The molecule has 280 valence electrons. The summed E-state index contributed by atoms with van der Waals surface area (Å²) < 4.78 is 15.2. The molecule has 2 bridgehead atoms. The number of hydrazine groups is 1. The smallest absolute Gasteiger partial charge is 0.426 e. The minimum Gasteiger partial charge on any atom is -0.426 e. The van der Waals surface area contributed by atoms with Crippen molar-refractivity contribution < 1.29 is 53.0 Å². The number of rotatable bonds is 9. The third-order valence-electron chi connectivity index (χ3n) is 8.35. The average Bonchev–Trinajstić information content (AvgIpc) is 3.58. The zero-order valence-corrected chi connectivity index (χ0v) is 28.3. The first-order valence-corrected chi connectivity index (χ1v) is 16.6. The molecule has 1 aromatic rings. The summed E-state index contributed by atoms with van der Waals surface area (Å²) in [6.07, 6.45) is 2.36. The van der Waals surface area contributed by atoms with Crippen LogP contribution in [0.25, 0.3) is 0 Å². The number of nitrogens with one attached hydrogen (secondary N) is 4. The Hall–Kier alpha value is -4.45. The Morgan fingerprint density at radius 3 is 2.39 bits per heavy atom. The summed E-state index contributed by atoms with van der Waals surface area (Å²) in [6.45, 7) is 1.28. The summed E-state index contributed by atoms with van der Waals surface area (Å²) in [6, 6.07) is 2.01. The van der Waals surface area contributed by atoms with Gasteiger partial charge in [-0.3, -0.25) is 54.3 Å². The molecule has 3 amide bonds. The molecule has 3 saturated heterocycles. The van der Waals surface area contributed by atoms with Gasteiger partial charge < -0.3 is 45.5 Å². The minimum atomic E-state index is -1.84. The van der Waals surface area contributed by atoms with Crippen molar-refractivity contribution in [1.82, 2.24) is 40.6 Å². The molecule has 0 spiro atoms. The highest BCUT2D eigenvalue weighted by atomic mass is 16.9. The SMILES string of the molecule is C[C@@H](NC(=O)c1ccc(NNC(=O)CN2CCNCC(=O)OC3OC(=O)CN(CN)CCN(CC2)CC(=O)O3)nc1)C(=O)N1CCC[C@H]1B(O)O. The van der Waals surface area contributed by atoms with E-state index in [1.165, 1.54) is 30.2 Å². The van der Waals surface area contributed by atoms with E-state index >= 15 is 0 Å². The lowest BCUT2D eigenvalue weighted by Gasteiger charge is -2.28. The van der Waals surface area contributed by atoms with Crippen molar-refractivity contribution >= 4 is 48.6 Å². The summed E-state index contributed by atoms with van der Waals surface area (Å²) >= 11 is 0. The van der Waals surface area contributed by atoms with Crippen LogP contribution < -0.4 is 27.2 Å². The van der Waals surface area contributed by atoms with Crippen LogP contribution in [-0.4, -0.2) is 174 Å². The van der Waals surface area contributed by atoms with Crippen molar-refractivity contribution in [3.63, 3.8) is 0 Å². The molecule has 0 saturated carbocycles. The van der Waals surface area contributed by atoms with Crippen molar-refractivity contribution in [2.45, 2.75) is 38.2 Å². The van der Waals surface area contributed by atoms with E-state index in [1.54, 1.807) is 9.80 Å². The van der Waals surface area contributed by atoms with Crippen LogP contribution in [0.3, 0.4) is 0 Å². The van der Waals surface area contributed by atoms with E-state index in [0.717, 1.165) is 0 Å². The molecular weight excluding hydrogens is 675 g/mol. The number of likely N-dealkylation sites (tertiary alicyclic amines) is 1. The lowest BCUT2D eigenvalue weighted by Crippen LogP contribution is -2.52. The topological polar surface area (TPSA) is 271 Å². The van der Waals surface area contributed by atoms with Crippen LogP contribution in [0, 0.1) is 0 Å².